The Morgan fingerprint density at radius 3 is 2.42 bits per heavy atom. The number of hydrogen-bond acceptors (Lipinski definition) is 1. The van der Waals surface area contributed by atoms with Crippen LogP contribution in [0.4, 0.5) is 0 Å². The van der Waals surface area contributed by atoms with E-state index in [0.29, 0.717) is 6.04 Å². The summed E-state index contributed by atoms with van der Waals surface area (Å²) in [6.07, 6.45) is 1.17. The minimum Gasteiger partial charge on any atom is -0.296 e. The van der Waals surface area contributed by atoms with Crippen LogP contribution in [0.3, 0.4) is 0 Å². The molecule has 0 spiro atoms. The van der Waals surface area contributed by atoms with E-state index in [1.165, 1.54) is 35.2 Å². The van der Waals surface area contributed by atoms with Crippen LogP contribution in [0.2, 0.25) is 0 Å². The van der Waals surface area contributed by atoms with Gasteiger partial charge in [-0.3, -0.25) is 4.90 Å². The summed E-state index contributed by atoms with van der Waals surface area (Å²) in [5, 5.41) is 0. The molecule has 0 fully saturated rings. The first-order valence-corrected chi connectivity index (χ1v) is 7.15. The number of nitrogens with zero attached hydrogens (tertiary/aromatic N) is 1. The van der Waals surface area contributed by atoms with Gasteiger partial charge in [-0.1, -0.05) is 48.5 Å². The molecule has 1 heteroatoms. The zero-order valence-corrected chi connectivity index (χ0v) is 11.8. The molecule has 0 aliphatic carbocycles. The van der Waals surface area contributed by atoms with Gasteiger partial charge in [0, 0.05) is 19.1 Å². The summed E-state index contributed by atoms with van der Waals surface area (Å²) in [5.74, 6) is 0. The van der Waals surface area contributed by atoms with E-state index >= 15 is 0 Å². The summed E-state index contributed by atoms with van der Waals surface area (Å²) in [4.78, 5) is 2.55. The Morgan fingerprint density at radius 2 is 1.68 bits per heavy atom. The van der Waals surface area contributed by atoms with Gasteiger partial charge < -0.3 is 0 Å². The van der Waals surface area contributed by atoms with Crippen LogP contribution in [0.15, 0.2) is 48.5 Å². The molecule has 0 radical (unpaired) electrons. The minimum absolute atomic E-state index is 0.641. The van der Waals surface area contributed by atoms with Gasteiger partial charge in [0.2, 0.25) is 0 Å². The summed E-state index contributed by atoms with van der Waals surface area (Å²) in [5.41, 5.74) is 5.69. The molecule has 0 aromatic heterocycles. The molecule has 0 saturated heterocycles. The second-order valence-corrected chi connectivity index (χ2v) is 5.66. The van der Waals surface area contributed by atoms with Crippen LogP contribution in [0.1, 0.15) is 25.0 Å². The lowest BCUT2D eigenvalue weighted by atomic mass is 9.94. The van der Waals surface area contributed by atoms with Gasteiger partial charge in [0.25, 0.3) is 0 Å². The fourth-order valence-corrected chi connectivity index (χ4v) is 2.83. The average Bonchev–Trinajstić information content (AvgIpc) is 2.47. The van der Waals surface area contributed by atoms with Gasteiger partial charge in [-0.25, -0.2) is 0 Å². The highest BCUT2D eigenvalue weighted by Gasteiger charge is 2.18. The van der Waals surface area contributed by atoms with Crippen molar-refractivity contribution >= 4 is 0 Å². The van der Waals surface area contributed by atoms with Gasteiger partial charge in [0.1, 0.15) is 0 Å². The monoisotopic (exact) mass is 251 g/mol. The Morgan fingerprint density at radius 1 is 0.895 bits per heavy atom. The molecule has 1 aliphatic heterocycles. The second-order valence-electron chi connectivity index (χ2n) is 5.66. The van der Waals surface area contributed by atoms with Gasteiger partial charge in [0.05, 0.1) is 0 Å². The third-order valence-electron chi connectivity index (χ3n) is 4.09. The molecule has 1 nitrogen and oxygen atoms in total. The highest BCUT2D eigenvalue weighted by Crippen LogP contribution is 2.26. The largest absolute Gasteiger partial charge is 0.296 e. The lowest BCUT2D eigenvalue weighted by Crippen LogP contribution is -2.35. The smallest absolute Gasteiger partial charge is 0.0239 e. The fraction of sp³-hybridized carbons (Fsp3) is 0.333. The Labute approximate surface area is 115 Å². The molecule has 2 aromatic rings. The van der Waals surface area contributed by atoms with Crippen LogP contribution < -0.4 is 0 Å². The Kier molecular flexibility index (Phi) is 3.39. The van der Waals surface area contributed by atoms with Crippen molar-refractivity contribution in [3.8, 4) is 11.1 Å². The number of fused-ring (bicyclic) bond motifs is 1. The van der Waals surface area contributed by atoms with Crippen LogP contribution in [0.25, 0.3) is 11.1 Å². The third-order valence-corrected chi connectivity index (χ3v) is 4.09. The molecule has 1 heterocycles. The molecule has 3 rings (SSSR count). The molecule has 0 N–H and O–H groups in total. The number of rotatable bonds is 2. The fourth-order valence-electron chi connectivity index (χ4n) is 2.83. The van der Waals surface area contributed by atoms with Gasteiger partial charge in [-0.2, -0.15) is 0 Å². The summed E-state index contributed by atoms with van der Waals surface area (Å²) in [7, 11) is 0. The normalized spacial score (nSPS) is 15.5. The Bertz CT molecular complexity index is 557. The minimum atomic E-state index is 0.641. The quantitative estimate of drug-likeness (QED) is 0.776. The van der Waals surface area contributed by atoms with Crippen LogP contribution in [-0.2, 0) is 13.0 Å². The van der Waals surface area contributed by atoms with E-state index in [-0.39, 0.29) is 0 Å². The van der Waals surface area contributed by atoms with Crippen molar-refractivity contribution in [2.45, 2.75) is 32.9 Å². The zero-order chi connectivity index (χ0) is 13.2. The van der Waals surface area contributed by atoms with E-state index in [9.17, 15) is 0 Å². The maximum atomic E-state index is 2.55. The van der Waals surface area contributed by atoms with E-state index in [4.69, 9.17) is 0 Å². The summed E-state index contributed by atoms with van der Waals surface area (Å²) in [6, 6.07) is 18.2. The summed E-state index contributed by atoms with van der Waals surface area (Å²) >= 11 is 0. The molecule has 0 atom stereocenters. The molecular formula is C18H21N. The second kappa shape index (κ2) is 5.18. The molecule has 1 aliphatic rings. The first-order chi connectivity index (χ1) is 9.24. The molecule has 0 bridgehead atoms. The van der Waals surface area contributed by atoms with Crippen molar-refractivity contribution in [3.05, 3.63) is 59.7 Å². The van der Waals surface area contributed by atoms with Crippen LogP contribution in [0.5, 0.6) is 0 Å². The molecule has 2 aromatic carbocycles. The van der Waals surface area contributed by atoms with Gasteiger partial charge in [-0.15, -0.1) is 0 Å². The van der Waals surface area contributed by atoms with E-state index in [2.05, 4.69) is 67.3 Å². The molecular weight excluding hydrogens is 230 g/mol. The van der Waals surface area contributed by atoms with Crippen molar-refractivity contribution in [3.63, 3.8) is 0 Å². The highest BCUT2D eigenvalue weighted by atomic mass is 15.1. The van der Waals surface area contributed by atoms with E-state index in [1.54, 1.807) is 0 Å². The number of benzene rings is 2. The number of hydrogen-bond donors (Lipinski definition) is 0. The standard InChI is InChI=1S/C18H21N/c1-14(2)19-11-10-17-12-16(8-9-18(17)13-19)15-6-4-3-5-7-15/h3-9,12,14H,10-11,13H2,1-2H3. The van der Waals surface area contributed by atoms with E-state index in [1.807, 2.05) is 0 Å². The van der Waals surface area contributed by atoms with Crippen molar-refractivity contribution in [1.82, 2.24) is 4.90 Å². The SMILES string of the molecule is CC(C)N1CCc2cc(-c3ccccc3)ccc2C1. The lowest BCUT2D eigenvalue weighted by molar-refractivity contribution is 0.203. The first-order valence-electron chi connectivity index (χ1n) is 7.15. The maximum Gasteiger partial charge on any atom is 0.0239 e. The van der Waals surface area contributed by atoms with Crippen LogP contribution in [-0.4, -0.2) is 17.5 Å². The zero-order valence-electron chi connectivity index (χ0n) is 11.8. The van der Waals surface area contributed by atoms with Gasteiger partial charge in [0.15, 0.2) is 0 Å². The molecule has 19 heavy (non-hydrogen) atoms. The van der Waals surface area contributed by atoms with Crippen molar-refractivity contribution < 1.29 is 0 Å². The van der Waals surface area contributed by atoms with E-state index in [0.717, 1.165) is 6.54 Å². The maximum absolute atomic E-state index is 2.55. The molecule has 0 amide bonds. The highest BCUT2D eigenvalue weighted by molar-refractivity contribution is 5.65. The molecule has 0 unspecified atom stereocenters. The predicted molar refractivity (Wildman–Crippen MR) is 81.1 cm³/mol. The third kappa shape index (κ3) is 2.57. The van der Waals surface area contributed by atoms with Gasteiger partial charge in [-0.05, 0) is 42.5 Å². The first kappa shape index (κ1) is 12.4. The lowest BCUT2D eigenvalue weighted by Gasteiger charge is -2.32. The van der Waals surface area contributed by atoms with Crippen LogP contribution in [0, 0.1) is 0 Å². The van der Waals surface area contributed by atoms with Crippen molar-refractivity contribution in [2.75, 3.05) is 6.54 Å². The van der Waals surface area contributed by atoms with Crippen molar-refractivity contribution in [1.29, 1.82) is 0 Å². The molecule has 98 valence electrons. The average molecular weight is 251 g/mol. The summed E-state index contributed by atoms with van der Waals surface area (Å²) in [6.45, 7) is 6.84. The van der Waals surface area contributed by atoms with Crippen LogP contribution >= 0.6 is 0 Å². The summed E-state index contributed by atoms with van der Waals surface area (Å²) < 4.78 is 0. The van der Waals surface area contributed by atoms with Crippen molar-refractivity contribution in [2.24, 2.45) is 0 Å². The Hall–Kier alpha value is -1.60. The Balaban J connectivity index is 1.90. The van der Waals surface area contributed by atoms with Gasteiger partial charge >= 0.3 is 0 Å². The molecule has 0 saturated carbocycles. The topological polar surface area (TPSA) is 3.24 Å². The van der Waals surface area contributed by atoms with E-state index < -0.39 is 0 Å². The predicted octanol–water partition coefficient (Wildman–Crippen LogP) is 4.12.